The Morgan fingerprint density at radius 1 is 1.17 bits per heavy atom. The molecule has 1 atom stereocenters. The van der Waals surface area contributed by atoms with Crippen LogP contribution in [0.3, 0.4) is 0 Å². The van der Waals surface area contributed by atoms with Gasteiger partial charge in [0.1, 0.15) is 5.88 Å². The number of halogens is 1. The number of rotatable bonds is 2. The van der Waals surface area contributed by atoms with E-state index in [0.717, 1.165) is 32.6 Å². The fourth-order valence-electron chi connectivity index (χ4n) is 2.74. The highest BCUT2D eigenvalue weighted by atomic mass is 35.5. The van der Waals surface area contributed by atoms with Crippen molar-refractivity contribution < 1.29 is 9.59 Å². The monoisotopic (exact) mass is 273 g/mol. The van der Waals surface area contributed by atoms with Gasteiger partial charge >= 0.3 is 6.03 Å². The second-order valence-corrected chi connectivity index (χ2v) is 5.24. The van der Waals surface area contributed by atoms with E-state index in [1.54, 1.807) is 4.90 Å². The number of piperidine rings is 1. The van der Waals surface area contributed by atoms with Gasteiger partial charge in [0.2, 0.25) is 5.91 Å². The number of carbonyl (C=O) groups excluding carboxylic acids is 2. The molecule has 5 nitrogen and oxygen atoms in total. The van der Waals surface area contributed by atoms with Crippen molar-refractivity contribution in [3.05, 3.63) is 0 Å². The smallest absolute Gasteiger partial charge is 0.323 e. The number of carbonyl (C=O) groups is 2. The zero-order valence-electron chi connectivity index (χ0n) is 10.5. The van der Waals surface area contributed by atoms with E-state index in [9.17, 15) is 9.59 Å². The topological polar surface area (TPSA) is 52.7 Å². The van der Waals surface area contributed by atoms with Gasteiger partial charge in [-0.3, -0.25) is 15.0 Å². The number of amides is 3. The van der Waals surface area contributed by atoms with Crippen LogP contribution >= 0.6 is 11.6 Å². The summed E-state index contributed by atoms with van der Waals surface area (Å²) >= 11 is 5.36. The van der Waals surface area contributed by atoms with E-state index >= 15 is 0 Å². The quantitative estimate of drug-likeness (QED) is 0.765. The van der Waals surface area contributed by atoms with Gasteiger partial charge in [0, 0.05) is 19.1 Å². The summed E-state index contributed by atoms with van der Waals surface area (Å²) in [5.74, 6) is -0.599. The van der Waals surface area contributed by atoms with Crippen LogP contribution in [-0.4, -0.2) is 59.8 Å². The molecule has 3 amide bonds. The first-order valence-corrected chi connectivity index (χ1v) is 7.13. The molecular formula is C12H20ClN3O2. The third-order valence-electron chi connectivity index (χ3n) is 3.73. The van der Waals surface area contributed by atoms with Crippen molar-refractivity contribution in [1.82, 2.24) is 15.1 Å². The van der Waals surface area contributed by atoms with Crippen molar-refractivity contribution in [3.8, 4) is 0 Å². The summed E-state index contributed by atoms with van der Waals surface area (Å²) in [5, 5.41) is 2.29. The number of nitrogens with zero attached hydrogens (tertiary/aromatic N) is 2. The van der Waals surface area contributed by atoms with Gasteiger partial charge < -0.3 is 4.90 Å². The number of imide groups is 1. The Labute approximate surface area is 112 Å². The van der Waals surface area contributed by atoms with Crippen molar-refractivity contribution in [3.63, 3.8) is 0 Å². The van der Waals surface area contributed by atoms with Gasteiger partial charge in [0.25, 0.3) is 0 Å². The molecule has 0 bridgehead atoms. The Kier molecular flexibility index (Phi) is 4.83. The average Bonchev–Trinajstić information content (AvgIpc) is 2.89. The van der Waals surface area contributed by atoms with Crippen molar-refractivity contribution in [2.75, 3.05) is 32.1 Å². The van der Waals surface area contributed by atoms with Crippen LogP contribution in [0.1, 0.15) is 25.7 Å². The molecule has 6 heteroatoms. The Hall–Kier alpha value is -0.810. The van der Waals surface area contributed by atoms with Crippen LogP contribution in [0.15, 0.2) is 0 Å². The Balaban J connectivity index is 1.80. The fraction of sp³-hybridized carbons (Fsp3) is 0.833. The molecule has 0 aliphatic carbocycles. The van der Waals surface area contributed by atoms with Gasteiger partial charge in [-0.05, 0) is 32.4 Å². The second-order valence-electron chi connectivity index (χ2n) is 4.97. The summed E-state index contributed by atoms with van der Waals surface area (Å²) in [5.41, 5.74) is 0. The van der Waals surface area contributed by atoms with E-state index in [2.05, 4.69) is 10.2 Å². The first kappa shape index (κ1) is 13.6. The van der Waals surface area contributed by atoms with Gasteiger partial charge in [-0.25, -0.2) is 4.79 Å². The normalized spacial score (nSPS) is 25.2. The van der Waals surface area contributed by atoms with Gasteiger partial charge in [-0.1, -0.05) is 6.42 Å². The lowest BCUT2D eigenvalue weighted by Gasteiger charge is -2.32. The minimum atomic E-state index is -0.428. The number of hydrogen-bond acceptors (Lipinski definition) is 3. The maximum Gasteiger partial charge on any atom is 0.324 e. The Morgan fingerprint density at radius 2 is 1.89 bits per heavy atom. The van der Waals surface area contributed by atoms with Crippen LogP contribution in [0, 0.1) is 0 Å². The zero-order valence-corrected chi connectivity index (χ0v) is 11.3. The van der Waals surface area contributed by atoms with Crippen molar-refractivity contribution in [2.24, 2.45) is 0 Å². The lowest BCUT2D eigenvalue weighted by Crippen LogP contribution is -2.45. The minimum absolute atomic E-state index is 0.171. The highest BCUT2D eigenvalue weighted by Crippen LogP contribution is 2.20. The lowest BCUT2D eigenvalue weighted by molar-refractivity contribution is -0.117. The van der Waals surface area contributed by atoms with Crippen LogP contribution in [0.2, 0.25) is 0 Å². The molecule has 1 N–H and O–H groups in total. The van der Waals surface area contributed by atoms with Crippen molar-refractivity contribution in [2.45, 2.75) is 31.7 Å². The molecule has 2 saturated heterocycles. The Morgan fingerprint density at radius 3 is 2.56 bits per heavy atom. The highest BCUT2D eigenvalue weighted by molar-refractivity contribution is 6.28. The first-order chi connectivity index (χ1) is 8.70. The van der Waals surface area contributed by atoms with Gasteiger partial charge in [0.05, 0.1) is 0 Å². The summed E-state index contributed by atoms with van der Waals surface area (Å²) in [4.78, 5) is 27.0. The molecule has 0 saturated carbocycles. The molecule has 2 aliphatic rings. The number of alkyl halides is 1. The van der Waals surface area contributed by atoms with Gasteiger partial charge in [0.15, 0.2) is 0 Å². The van der Waals surface area contributed by atoms with Crippen molar-refractivity contribution in [1.29, 1.82) is 0 Å². The number of nitrogens with one attached hydrogen (secondary N) is 1. The Bertz CT molecular complexity index is 318. The number of likely N-dealkylation sites (tertiary alicyclic amines) is 2. The number of hydrogen-bond donors (Lipinski definition) is 1. The molecule has 1 unspecified atom stereocenters. The van der Waals surface area contributed by atoms with E-state index in [4.69, 9.17) is 11.6 Å². The third-order valence-corrected chi connectivity index (χ3v) is 3.97. The lowest BCUT2D eigenvalue weighted by atomic mass is 10.1. The molecule has 0 aromatic heterocycles. The largest absolute Gasteiger partial charge is 0.324 e. The minimum Gasteiger partial charge on any atom is -0.323 e. The summed E-state index contributed by atoms with van der Waals surface area (Å²) in [7, 11) is 0. The van der Waals surface area contributed by atoms with Crippen LogP contribution < -0.4 is 5.32 Å². The molecule has 0 radical (unpaired) electrons. The van der Waals surface area contributed by atoms with Crippen LogP contribution in [0.5, 0.6) is 0 Å². The van der Waals surface area contributed by atoms with Crippen molar-refractivity contribution >= 4 is 23.5 Å². The summed E-state index contributed by atoms with van der Waals surface area (Å²) in [6.45, 7) is 3.73. The molecular weight excluding hydrogens is 254 g/mol. The summed E-state index contributed by atoms with van der Waals surface area (Å²) in [6, 6.07) is 0.155. The van der Waals surface area contributed by atoms with Crippen LogP contribution in [0.4, 0.5) is 4.79 Å². The van der Waals surface area contributed by atoms with E-state index in [-0.39, 0.29) is 11.9 Å². The molecule has 2 fully saturated rings. The SMILES string of the molecule is O=C(CCl)NC(=O)N1CCC(N2CCCCC2)C1. The standard InChI is InChI=1S/C12H20ClN3O2/c13-8-11(17)14-12(18)16-7-4-10(9-16)15-5-2-1-3-6-15/h10H,1-9H2,(H,14,17,18). The maximum atomic E-state index is 11.8. The zero-order chi connectivity index (χ0) is 13.0. The predicted octanol–water partition coefficient (Wildman–Crippen LogP) is 1.02. The molecule has 2 aliphatic heterocycles. The van der Waals surface area contributed by atoms with E-state index < -0.39 is 5.91 Å². The molecule has 0 spiro atoms. The first-order valence-electron chi connectivity index (χ1n) is 6.59. The fourth-order valence-corrected chi connectivity index (χ4v) is 2.81. The van der Waals surface area contributed by atoms with Gasteiger partial charge in [-0.2, -0.15) is 0 Å². The van der Waals surface area contributed by atoms with Crippen LogP contribution in [-0.2, 0) is 4.79 Å². The molecule has 0 aromatic carbocycles. The summed E-state index contributed by atoms with van der Waals surface area (Å²) < 4.78 is 0. The van der Waals surface area contributed by atoms with E-state index in [1.807, 2.05) is 0 Å². The van der Waals surface area contributed by atoms with E-state index in [0.29, 0.717) is 6.04 Å². The molecule has 102 valence electrons. The average molecular weight is 274 g/mol. The maximum absolute atomic E-state index is 11.8. The molecule has 18 heavy (non-hydrogen) atoms. The van der Waals surface area contributed by atoms with Crippen LogP contribution in [0.25, 0.3) is 0 Å². The third kappa shape index (κ3) is 3.36. The molecule has 2 heterocycles. The van der Waals surface area contributed by atoms with E-state index in [1.165, 1.54) is 19.3 Å². The number of urea groups is 1. The molecule has 2 rings (SSSR count). The molecule has 0 aromatic rings. The highest BCUT2D eigenvalue weighted by Gasteiger charge is 2.31. The summed E-state index contributed by atoms with van der Waals surface area (Å²) in [6.07, 6.45) is 4.83. The second kappa shape index (κ2) is 6.38. The van der Waals surface area contributed by atoms with Gasteiger partial charge in [-0.15, -0.1) is 11.6 Å². The predicted molar refractivity (Wildman–Crippen MR) is 69.7 cm³/mol.